The molecule has 1 aliphatic rings. The summed E-state index contributed by atoms with van der Waals surface area (Å²) in [7, 11) is 1.44. The quantitative estimate of drug-likeness (QED) is 0.623. The summed E-state index contributed by atoms with van der Waals surface area (Å²) < 4.78 is 24.0. The van der Waals surface area contributed by atoms with E-state index in [2.05, 4.69) is 9.97 Å². The van der Waals surface area contributed by atoms with E-state index in [0.717, 1.165) is 5.56 Å². The Kier molecular flexibility index (Phi) is 4.84. The number of halogens is 1. The second-order valence-corrected chi connectivity index (χ2v) is 5.58. The zero-order valence-corrected chi connectivity index (χ0v) is 13.2. The third-order valence-corrected chi connectivity index (χ3v) is 4.00. The van der Waals surface area contributed by atoms with Crippen LogP contribution in [0.1, 0.15) is 30.0 Å². The summed E-state index contributed by atoms with van der Waals surface area (Å²) in [6.07, 6.45) is 8.81. The Balaban J connectivity index is 1.49. The topological polar surface area (TPSA) is 61.3 Å². The van der Waals surface area contributed by atoms with Crippen LogP contribution in [-0.4, -0.2) is 29.2 Å². The summed E-state index contributed by atoms with van der Waals surface area (Å²) in [5.74, 6) is -0.352. The molecule has 0 saturated heterocycles. The smallest absolute Gasteiger partial charge is 0.331 e. The average molecular weight is 328 g/mol. The fourth-order valence-electron chi connectivity index (χ4n) is 2.62. The minimum Gasteiger partial charge on any atom is -0.494 e. The molecule has 6 heteroatoms. The van der Waals surface area contributed by atoms with Crippen LogP contribution >= 0.6 is 0 Å². The van der Waals surface area contributed by atoms with Crippen molar-refractivity contribution in [2.45, 2.75) is 24.9 Å². The van der Waals surface area contributed by atoms with Crippen LogP contribution < -0.4 is 4.74 Å². The van der Waals surface area contributed by atoms with Crippen LogP contribution in [-0.2, 0) is 9.53 Å². The maximum Gasteiger partial charge on any atom is 0.331 e. The van der Waals surface area contributed by atoms with E-state index in [4.69, 9.17) is 9.47 Å². The van der Waals surface area contributed by atoms with Gasteiger partial charge in [0.15, 0.2) is 11.6 Å². The molecule has 0 atom stereocenters. The van der Waals surface area contributed by atoms with Gasteiger partial charge in [-0.15, -0.1) is 0 Å². The zero-order chi connectivity index (χ0) is 16.9. The van der Waals surface area contributed by atoms with Gasteiger partial charge in [-0.3, -0.25) is 9.97 Å². The van der Waals surface area contributed by atoms with E-state index in [1.54, 1.807) is 30.7 Å². The Hall–Kier alpha value is -2.76. The number of nitrogens with zero attached hydrogens (tertiary/aromatic N) is 2. The number of rotatable bonds is 5. The number of carbonyl (C=O) groups is 1. The molecule has 0 spiro atoms. The summed E-state index contributed by atoms with van der Waals surface area (Å²) in [4.78, 5) is 19.7. The van der Waals surface area contributed by atoms with Crippen molar-refractivity contribution < 1.29 is 18.7 Å². The van der Waals surface area contributed by atoms with E-state index in [9.17, 15) is 9.18 Å². The Morgan fingerprint density at radius 2 is 2.17 bits per heavy atom. The van der Waals surface area contributed by atoms with Crippen molar-refractivity contribution in [3.05, 3.63) is 59.9 Å². The van der Waals surface area contributed by atoms with Crippen molar-refractivity contribution >= 4 is 12.0 Å². The molecule has 0 N–H and O–H groups in total. The summed E-state index contributed by atoms with van der Waals surface area (Å²) in [5, 5.41) is 0. The molecule has 0 amide bonds. The van der Waals surface area contributed by atoms with Gasteiger partial charge >= 0.3 is 5.97 Å². The number of methoxy groups -OCH3 is 1. The highest BCUT2D eigenvalue weighted by Crippen LogP contribution is 2.39. The summed E-state index contributed by atoms with van der Waals surface area (Å²) in [6.45, 7) is 0. The lowest BCUT2D eigenvalue weighted by Gasteiger charge is -2.34. The van der Waals surface area contributed by atoms with E-state index >= 15 is 0 Å². The van der Waals surface area contributed by atoms with Crippen LogP contribution in [0.2, 0.25) is 0 Å². The second kappa shape index (κ2) is 7.21. The molecule has 124 valence electrons. The minimum absolute atomic E-state index is 0.140. The monoisotopic (exact) mass is 328 g/mol. The van der Waals surface area contributed by atoms with Gasteiger partial charge in [-0.05, 0) is 42.5 Å². The normalized spacial score (nSPS) is 19.8. The fraction of sp³-hybridized carbons (Fsp3) is 0.278. The van der Waals surface area contributed by atoms with E-state index in [-0.39, 0.29) is 23.6 Å². The number of ether oxygens (including phenoxy) is 2. The predicted octanol–water partition coefficient (Wildman–Crippen LogP) is 3.13. The van der Waals surface area contributed by atoms with Gasteiger partial charge in [-0.1, -0.05) is 6.07 Å². The molecule has 1 fully saturated rings. The van der Waals surface area contributed by atoms with Gasteiger partial charge < -0.3 is 9.47 Å². The van der Waals surface area contributed by atoms with E-state index in [0.29, 0.717) is 18.5 Å². The van der Waals surface area contributed by atoms with Crippen molar-refractivity contribution in [2.75, 3.05) is 7.11 Å². The first-order valence-electron chi connectivity index (χ1n) is 7.64. The van der Waals surface area contributed by atoms with Gasteiger partial charge in [-0.2, -0.15) is 0 Å². The molecule has 1 saturated carbocycles. The Bertz CT molecular complexity index is 743. The first kappa shape index (κ1) is 16.1. The number of hydrogen-bond acceptors (Lipinski definition) is 5. The van der Waals surface area contributed by atoms with Gasteiger partial charge in [0, 0.05) is 18.5 Å². The molecule has 2 aromatic rings. The van der Waals surface area contributed by atoms with Crippen LogP contribution in [0.25, 0.3) is 6.08 Å². The standard InChI is InChI=1S/C18H17FN2O3/c1-23-17-4-2-12(10-16(17)19)13-8-15(9-13)24-18(22)5-3-14-11-20-6-7-21-14/h2-7,10-11,13,15H,8-9H2,1H3/b5-3+. The van der Waals surface area contributed by atoms with Gasteiger partial charge in [0.1, 0.15) is 6.10 Å². The van der Waals surface area contributed by atoms with E-state index in [1.165, 1.54) is 19.3 Å². The van der Waals surface area contributed by atoms with E-state index in [1.807, 2.05) is 6.07 Å². The van der Waals surface area contributed by atoms with Gasteiger partial charge in [0.05, 0.1) is 19.0 Å². The molecule has 0 aliphatic heterocycles. The van der Waals surface area contributed by atoms with Crippen LogP contribution in [0, 0.1) is 5.82 Å². The SMILES string of the molecule is COc1ccc(C2CC(OC(=O)/C=C/c3cnccn3)C2)cc1F. The third kappa shape index (κ3) is 3.76. The number of esters is 1. The van der Waals surface area contributed by atoms with Gasteiger partial charge in [0.2, 0.25) is 0 Å². The molecular weight excluding hydrogens is 311 g/mol. The lowest BCUT2D eigenvalue weighted by molar-refractivity contribution is -0.147. The lowest BCUT2D eigenvalue weighted by Crippen LogP contribution is -2.31. The molecular formula is C18H17FN2O3. The first-order chi connectivity index (χ1) is 11.7. The highest BCUT2D eigenvalue weighted by atomic mass is 19.1. The number of benzene rings is 1. The molecule has 1 aromatic carbocycles. The molecule has 0 radical (unpaired) electrons. The van der Waals surface area contributed by atoms with Crippen molar-refractivity contribution in [3.63, 3.8) is 0 Å². The van der Waals surface area contributed by atoms with Crippen molar-refractivity contribution in [1.29, 1.82) is 0 Å². The summed E-state index contributed by atoms with van der Waals surface area (Å²) in [6, 6.07) is 4.95. The summed E-state index contributed by atoms with van der Waals surface area (Å²) in [5.41, 5.74) is 1.49. The van der Waals surface area contributed by atoms with Crippen molar-refractivity contribution in [3.8, 4) is 5.75 Å². The average Bonchev–Trinajstić information content (AvgIpc) is 2.57. The van der Waals surface area contributed by atoms with Crippen LogP contribution in [0.5, 0.6) is 5.75 Å². The third-order valence-electron chi connectivity index (χ3n) is 4.00. The maximum absolute atomic E-state index is 13.7. The lowest BCUT2D eigenvalue weighted by atomic mass is 9.77. The second-order valence-electron chi connectivity index (χ2n) is 5.58. The van der Waals surface area contributed by atoms with Crippen LogP contribution in [0.4, 0.5) is 4.39 Å². The minimum atomic E-state index is -0.412. The Labute approximate surface area is 139 Å². The molecule has 1 aliphatic carbocycles. The van der Waals surface area contributed by atoms with E-state index < -0.39 is 5.97 Å². The maximum atomic E-state index is 13.7. The summed E-state index contributed by atoms with van der Waals surface area (Å²) >= 11 is 0. The van der Waals surface area contributed by atoms with Crippen LogP contribution in [0.15, 0.2) is 42.9 Å². The molecule has 1 heterocycles. The van der Waals surface area contributed by atoms with Crippen LogP contribution in [0.3, 0.4) is 0 Å². The van der Waals surface area contributed by atoms with Gasteiger partial charge in [-0.25, -0.2) is 9.18 Å². The molecule has 0 bridgehead atoms. The first-order valence-corrected chi connectivity index (χ1v) is 7.64. The van der Waals surface area contributed by atoms with Gasteiger partial charge in [0.25, 0.3) is 0 Å². The number of aromatic nitrogens is 2. The predicted molar refractivity (Wildman–Crippen MR) is 85.9 cm³/mol. The van der Waals surface area contributed by atoms with Crippen molar-refractivity contribution in [2.24, 2.45) is 0 Å². The molecule has 24 heavy (non-hydrogen) atoms. The number of hydrogen-bond donors (Lipinski definition) is 0. The van der Waals surface area contributed by atoms with Crippen molar-refractivity contribution in [1.82, 2.24) is 9.97 Å². The zero-order valence-electron chi connectivity index (χ0n) is 13.2. The Morgan fingerprint density at radius 3 is 2.83 bits per heavy atom. The molecule has 5 nitrogen and oxygen atoms in total. The highest BCUT2D eigenvalue weighted by Gasteiger charge is 2.33. The highest BCUT2D eigenvalue weighted by molar-refractivity contribution is 5.86. The largest absolute Gasteiger partial charge is 0.494 e. The molecule has 0 unspecified atom stereocenters. The molecule has 1 aromatic heterocycles. The Morgan fingerprint density at radius 1 is 1.33 bits per heavy atom. The molecule has 3 rings (SSSR count). The number of carbonyl (C=O) groups excluding carboxylic acids is 1. The fourth-order valence-corrected chi connectivity index (χ4v) is 2.62.